The van der Waals surface area contributed by atoms with Crippen LogP contribution in [0.1, 0.15) is 24.0 Å². The van der Waals surface area contributed by atoms with Crippen molar-refractivity contribution < 1.29 is 42.1 Å². The first kappa shape index (κ1) is 20.8. The summed E-state index contributed by atoms with van der Waals surface area (Å²) in [7, 11) is 0.956. The van der Waals surface area contributed by atoms with E-state index >= 15 is 0 Å². The Kier molecular flexibility index (Phi) is 5.84. The Morgan fingerprint density at radius 1 is 1.26 bits per heavy atom. The van der Waals surface area contributed by atoms with Crippen LogP contribution in [0.5, 0.6) is 0 Å². The topological polar surface area (TPSA) is 82.1 Å². The molecule has 1 aromatic rings. The van der Waals surface area contributed by atoms with Crippen molar-refractivity contribution in [1.29, 1.82) is 0 Å². The molecule has 0 saturated heterocycles. The van der Waals surface area contributed by atoms with E-state index in [1.54, 1.807) is 19.1 Å². The number of carbonyl (C=O) groups excluding carboxylic acids is 2. The van der Waals surface area contributed by atoms with Crippen molar-refractivity contribution >= 4 is 11.9 Å². The summed E-state index contributed by atoms with van der Waals surface area (Å²) in [6, 6.07) is 6.26. The van der Waals surface area contributed by atoms with Gasteiger partial charge in [0.2, 0.25) is 5.76 Å². The Morgan fingerprint density at radius 2 is 1.85 bits per heavy atom. The molecule has 3 atom stereocenters. The van der Waals surface area contributed by atoms with Crippen LogP contribution in [0.15, 0.2) is 36.1 Å². The Hall–Kier alpha value is -2.55. The van der Waals surface area contributed by atoms with Crippen LogP contribution in [0.4, 0.5) is 13.2 Å². The molecule has 0 fully saturated rings. The molecule has 1 N–H and O–H groups in total. The predicted molar refractivity (Wildman–Crippen MR) is 86.2 cm³/mol. The van der Waals surface area contributed by atoms with E-state index in [-0.39, 0.29) is 12.2 Å². The summed E-state index contributed by atoms with van der Waals surface area (Å²) in [6.07, 6.45) is -4.36. The molecule has 0 aromatic heterocycles. The quantitative estimate of drug-likeness (QED) is 0.799. The van der Waals surface area contributed by atoms with E-state index in [1.165, 1.54) is 19.1 Å². The van der Waals surface area contributed by atoms with Crippen molar-refractivity contribution in [3.05, 3.63) is 47.2 Å². The third-order valence-electron chi connectivity index (χ3n) is 4.17. The molecule has 0 spiro atoms. The van der Waals surface area contributed by atoms with Crippen LogP contribution >= 0.6 is 0 Å². The fourth-order valence-corrected chi connectivity index (χ4v) is 2.83. The number of allylic oxidation sites excluding steroid dienone is 1. The maximum absolute atomic E-state index is 13.7. The lowest BCUT2D eigenvalue weighted by Crippen LogP contribution is -2.59. The molecule has 0 saturated carbocycles. The molecule has 2 rings (SSSR count). The lowest BCUT2D eigenvalue weighted by Gasteiger charge is -2.42. The van der Waals surface area contributed by atoms with Crippen LogP contribution < -0.4 is 0 Å². The summed E-state index contributed by atoms with van der Waals surface area (Å²) in [4.78, 5) is 24.2. The molecular formula is C18H19F3O6. The zero-order valence-corrected chi connectivity index (χ0v) is 14.9. The van der Waals surface area contributed by atoms with Gasteiger partial charge in [-0.25, -0.2) is 4.79 Å². The number of aryl methyl sites for hydroxylation is 1. The second-order valence-corrected chi connectivity index (χ2v) is 5.98. The highest BCUT2D eigenvalue weighted by Crippen LogP contribution is 2.49. The lowest BCUT2D eigenvalue weighted by molar-refractivity contribution is -0.375. The van der Waals surface area contributed by atoms with Crippen molar-refractivity contribution in [3.8, 4) is 0 Å². The van der Waals surface area contributed by atoms with Gasteiger partial charge in [-0.2, -0.15) is 13.2 Å². The predicted octanol–water partition coefficient (Wildman–Crippen LogP) is 2.60. The van der Waals surface area contributed by atoms with Crippen LogP contribution in [0.25, 0.3) is 0 Å². The summed E-state index contributed by atoms with van der Waals surface area (Å²) >= 11 is 0. The Balaban J connectivity index is 2.69. The maximum Gasteiger partial charge on any atom is 0.456 e. The number of rotatable bonds is 4. The minimum absolute atomic E-state index is 0.197. The number of halogens is 3. The summed E-state index contributed by atoms with van der Waals surface area (Å²) in [5.74, 6) is -10.8. The maximum atomic E-state index is 13.7. The van der Waals surface area contributed by atoms with Crippen LogP contribution in [0.3, 0.4) is 0 Å². The molecule has 1 aliphatic rings. The van der Waals surface area contributed by atoms with Crippen LogP contribution in [0.2, 0.25) is 0 Å². The third-order valence-corrected chi connectivity index (χ3v) is 4.17. The van der Waals surface area contributed by atoms with Gasteiger partial charge in [0.15, 0.2) is 0 Å². The van der Waals surface area contributed by atoms with E-state index in [1.807, 2.05) is 0 Å². The number of hydrogen-bond acceptors (Lipinski definition) is 6. The standard InChI is InChI=1S/C18H19F3O6/c1-4-26-16(23)14-12(11-7-5-10(2)6-8-11)9-13(15(22)25-3)27-17(14,24)18(19,20)21/h5-9,12,14,24H,4H2,1-3H3/t12-,14+,17-/m0/s1. The molecule has 1 aromatic carbocycles. The Bertz CT molecular complexity index is 740. The number of benzene rings is 1. The number of methoxy groups -OCH3 is 1. The number of hydrogen-bond donors (Lipinski definition) is 1. The van der Waals surface area contributed by atoms with Crippen molar-refractivity contribution in [2.24, 2.45) is 5.92 Å². The average molecular weight is 388 g/mol. The second-order valence-electron chi connectivity index (χ2n) is 5.98. The summed E-state index contributed by atoms with van der Waals surface area (Å²) in [6.45, 7) is 3.00. The molecule has 6 nitrogen and oxygen atoms in total. The van der Waals surface area contributed by atoms with Crippen molar-refractivity contribution in [2.75, 3.05) is 13.7 Å². The third kappa shape index (κ3) is 3.92. The Morgan fingerprint density at radius 3 is 2.33 bits per heavy atom. The first-order valence-corrected chi connectivity index (χ1v) is 8.06. The van der Waals surface area contributed by atoms with Gasteiger partial charge in [0.05, 0.1) is 13.7 Å². The first-order chi connectivity index (χ1) is 12.5. The molecule has 1 aliphatic heterocycles. The summed E-state index contributed by atoms with van der Waals surface area (Å²) in [5, 5.41) is 10.4. The van der Waals surface area contributed by atoms with Crippen LogP contribution in [0, 0.1) is 12.8 Å². The summed E-state index contributed by atoms with van der Waals surface area (Å²) in [5.41, 5.74) is 1.10. The minimum atomic E-state index is -5.39. The Labute approximate surface area is 153 Å². The first-order valence-electron chi connectivity index (χ1n) is 8.06. The molecule has 0 aliphatic carbocycles. The number of carbonyl (C=O) groups is 2. The average Bonchev–Trinajstić information content (AvgIpc) is 2.60. The molecule has 0 bridgehead atoms. The van der Waals surface area contributed by atoms with Crippen molar-refractivity contribution in [3.63, 3.8) is 0 Å². The molecule has 148 valence electrons. The molecule has 9 heteroatoms. The van der Waals surface area contributed by atoms with E-state index < -0.39 is 41.5 Å². The highest BCUT2D eigenvalue weighted by molar-refractivity contribution is 5.87. The fraction of sp³-hybridized carbons (Fsp3) is 0.444. The zero-order chi connectivity index (χ0) is 20.4. The van der Waals surface area contributed by atoms with Gasteiger partial charge in [0, 0.05) is 5.92 Å². The lowest BCUT2D eigenvalue weighted by atomic mass is 9.77. The zero-order valence-electron chi connectivity index (χ0n) is 14.9. The van der Waals surface area contributed by atoms with E-state index in [0.29, 0.717) is 0 Å². The van der Waals surface area contributed by atoms with Gasteiger partial charge in [-0.1, -0.05) is 29.8 Å². The molecular weight excluding hydrogens is 369 g/mol. The molecule has 0 unspecified atom stereocenters. The number of esters is 2. The van der Waals surface area contributed by atoms with Gasteiger partial charge in [0.1, 0.15) is 5.92 Å². The highest BCUT2D eigenvalue weighted by Gasteiger charge is 2.68. The van der Waals surface area contributed by atoms with Crippen molar-refractivity contribution in [1.82, 2.24) is 0 Å². The normalized spacial score (nSPS) is 25.2. The van der Waals surface area contributed by atoms with E-state index in [4.69, 9.17) is 4.74 Å². The molecule has 27 heavy (non-hydrogen) atoms. The number of alkyl halides is 3. The van der Waals surface area contributed by atoms with Crippen LogP contribution in [-0.4, -0.2) is 42.7 Å². The van der Waals surface area contributed by atoms with Crippen LogP contribution in [-0.2, 0) is 23.8 Å². The molecule has 0 radical (unpaired) electrons. The fourth-order valence-electron chi connectivity index (χ4n) is 2.83. The van der Waals surface area contributed by atoms with Crippen molar-refractivity contribution in [2.45, 2.75) is 31.7 Å². The van der Waals surface area contributed by atoms with Gasteiger partial charge in [0.25, 0.3) is 0 Å². The van der Waals surface area contributed by atoms with Gasteiger partial charge < -0.3 is 19.3 Å². The SMILES string of the molecule is CCOC(=O)[C@H]1[C@H](c2ccc(C)cc2)C=C(C(=O)OC)O[C@]1(O)C(F)(F)F. The van der Waals surface area contributed by atoms with E-state index in [2.05, 4.69) is 9.47 Å². The monoisotopic (exact) mass is 388 g/mol. The van der Waals surface area contributed by atoms with Gasteiger partial charge in [-0.05, 0) is 25.5 Å². The smallest absolute Gasteiger partial charge is 0.456 e. The van der Waals surface area contributed by atoms with E-state index in [0.717, 1.165) is 18.7 Å². The molecule has 0 amide bonds. The number of aliphatic hydroxyl groups is 1. The van der Waals surface area contributed by atoms with Gasteiger partial charge in [-0.3, -0.25) is 4.79 Å². The highest BCUT2D eigenvalue weighted by atomic mass is 19.4. The van der Waals surface area contributed by atoms with Gasteiger partial charge in [-0.15, -0.1) is 0 Å². The minimum Gasteiger partial charge on any atom is -0.466 e. The molecule has 1 heterocycles. The van der Waals surface area contributed by atoms with Gasteiger partial charge >= 0.3 is 23.9 Å². The second kappa shape index (κ2) is 7.59. The number of ether oxygens (including phenoxy) is 3. The summed E-state index contributed by atoms with van der Waals surface area (Å²) < 4.78 is 54.8. The largest absolute Gasteiger partial charge is 0.466 e. The van der Waals surface area contributed by atoms with E-state index in [9.17, 15) is 27.9 Å².